The van der Waals surface area contributed by atoms with Crippen molar-refractivity contribution in [2.45, 2.75) is 77.4 Å². The van der Waals surface area contributed by atoms with E-state index in [4.69, 9.17) is 4.74 Å². The first-order chi connectivity index (χ1) is 15.6. The molecule has 1 N–H and O–H groups in total. The zero-order chi connectivity index (χ0) is 23.8. The lowest BCUT2D eigenvalue weighted by molar-refractivity contribution is -0.148. The lowest BCUT2D eigenvalue weighted by Crippen LogP contribution is -2.57. The quantitative estimate of drug-likeness (QED) is 0.523. The number of hydrogen-bond donors (Lipinski definition) is 1. The first-order valence-corrected chi connectivity index (χ1v) is 12.7. The van der Waals surface area contributed by atoms with Gasteiger partial charge in [-0.1, -0.05) is 32.9 Å². The number of ether oxygens (including phenoxy) is 1. The number of hydrogen-bond acceptors (Lipinski definition) is 5. The molecule has 4 rings (SSSR count). The molecule has 1 aromatic rings. The topological polar surface area (TPSA) is 62.7 Å². The number of carbonyl (C=O) groups excluding carboxylic acids is 1. The zero-order valence-corrected chi connectivity index (χ0v) is 21.0. The molecule has 2 unspecified atom stereocenters. The molecule has 3 aliphatic rings. The molecule has 181 valence electrons. The van der Waals surface area contributed by atoms with Crippen LogP contribution < -0.4 is 0 Å². The molecule has 1 radical (unpaired) electrons. The van der Waals surface area contributed by atoms with E-state index < -0.39 is 11.7 Å². The van der Waals surface area contributed by atoms with E-state index in [1.807, 2.05) is 25.6 Å². The van der Waals surface area contributed by atoms with E-state index in [1.54, 1.807) is 0 Å². The molecular weight excluding hydrogens is 412 g/mol. The Labute approximate surface area is 199 Å². The number of carbonyl (C=O) groups is 1. The Bertz CT molecular complexity index is 871. The van der Waals surface area contributed by atoms with Gasteiger partial charge in [0.15, 0.2) is 0 Å². The predicted octanol–water partition coefficient (Wildman–Crippen LogP) is 4.56. The summed E-state index contributed by atoms with van der Waals surface area (Å²) >= 11 is 0. The van der Waals surface area contributed by atoms with E-state index in [0.717, 1.165) is 38.0 Å². The van der Waals surface area contributed by atoms with Crippen molar-refractivity contribution in [2.75, 3.05) is 19.6 Å². The highest BCUT2D eigenvalue weighted by molar-refractivity contribution is 5.66. The molecule has 5 nitrogen and oxygen atoms in total. The maximum atomic E-state index is 11.8. The first kappa shape index (κ1) is 24.4. The first-order valence-electron chi connectivity index (χ1n) is 12.7. The van der Waals surface area contributed by atoms with Crippen molar-refractivity contribution in [1.29, 1.82) is 0 Å². The van der Waals surface area contributed by atoms with Gasteiger partial charge < -0.3 is 14.7 Å². The van der Waals surface area contributed by atoms with E-state index in [9.17, 15) is 9.90 Å². The fourth-order valence-electron chi connectivity index (χ4n) is 6.73. The monoisotopic (exact) mass is 453 g/mol. The Morgan fingerprint density at radius 3 is 2.85 bits per heavy atom. The summed E-state index contributed by atoms with van der Waals surface area (Å²) in [5, 5.41) is 11.8. The molecule has 7 atom stereocenters. The molecule has 0 aromatic carbocycles. The minimum absolute atomic E-state index is 0.0648. The van der Waals surface area contributed by atoms with Gasteiger partial charge in [-0.15, -0.1) is 0 Å². The second kappa shape index (κ2) is 9.50. The molecular formula is C28H41N2O3. The summed E-state index contributed by atoms with van der Waals surface area (Å²) in [5.74, 6) is 0.771. The van der Waals surface area contributed by atoms with Crippen LogP contribution in [0.1, 0.15) is 66.0 Å². The van der Waals surface area contributed by atoms with Gasteiger partial charge in [0.1, 0.15) is 6.10 Å². The van der Waals surface area contributed by atoms with Crippen molar-refractivity contribution >= 4 is 5.97 Å². The molecule has 2 heterocycles. The molecule has 2 aliphatic carbocycles. The minimum atomic E-state index is -0.929. The van der Waals surface area contributed by atoms with Gasteiger partial charge in [-0.05, 0) is 74.6 Å². The Morgan fingerprint density at radius 2 is 2.15 bits per heavy atom. The van der Waals surface area contributed by atoms with Gasteiger partial charge in [-0.3, -0.25) is 9.78 Å². The second-order valence-electron chi connectivity index (χ2n) is 11.3. The number of nitrogens with zero attached hydrogens (tertiary/aromatic N) is 2. The highest BCUT2D eigenvalue weighted by atomic mass is 16.5. The Hall–Kier alpha value is -1.72. The van der Waals surface area contributed by atoms with Crippen LogP contribution in [0.3, 0.4) is 0 Å². The highest BCUT2D eigenvalue weighted by Crippen LogP contribution is 2.51. The molecule has 1 saturated carbocycles. The van der Waals surface area contributed by atoms with Crippen LogP contribution in [0, 0.1) is 30.1 Å². The van der Waals surface area contributed by atoms with Crippen molar-refractivity contribution in [3.8, 4) is 0 Å². The molecule has 0 amide bonds. The van der Waals surface area contributed by atoms with E-state index in [0.29, 0.717) is 11.8 Å². The van der Waals surface area contributed by atoms with Crippen LogP contribution in [-0.2, 0) is 14.9 Å². The van der Waals surface area contributed by atoms with Crippen LogP contribution in [0.15, 0.2) is 36.0 Å². The summed E-state index contributed by atoms with van der Waals surface area (Å²) in [4.78, 5) is 18.9. The van der Waals surface area contributed by atoms with Gasteiger partial charge in [0.05, 0.1) is 5.60 Å². The molecule has 5 heteroatoms. The number of fused-ring (bicyclic) bond motifs is 1. The maximum Gasteiger partial charge on any atom is 0.303 e. The van der Waals surface area contributed by atoms with E-state index in [2.05, 4.69) is 48.9 Å². The number of pyridine rings is 1. The summed E-state index contributed by atoms with van der Waals surface area (Å²) in [6.07, 6.45) is 10.1. The number of rotatable bonds is 5. The lowest BCUT2D eigenvalue weighted by atomic mass is 9.57. The van der Waals surface area contributed by atoms with E-state index in [1.165, 1.54) is 25.5 Å². The number of aliphatic hydroxyl groups is 1. The standard InChI is InChI=1S/C28H41N2O3/c1-19-15-24-23(11-10-21(3)28(24,32)16-25(19)33-22(4)31)20(2)17-30-14-8-12-27(5,18-30)26-9-6-7-13-29-26/h6-7,9,13,15-16,20-21,23-25,32H,8,10-12,14,17-18H2,1-5H3/t20?,21-,23+,24-,25-,27?,28-/m1/s1. The number of piperidine rings is 1. The van der Waals surface area contributed by atoms with E-state index in [-0.39, 0.29) is 23.2 Å². The van der Waals surface area contributed by atoms with Crippen LogP contribution in [0.4, 0.5) is 0 Å². The van der Waals surface area contributed by atoms with Crippen molar-refractivity contribution in [1.82, 2.24) is 9.88 Å². The second-order valence-corrected chi connectivity index (χ2v) is 11.3. The third-order valence-electron chi connectivity index (χ3n) is 8.66. The number of esters is 1. The van der Waals surface area contributed by atoms with Gasteiger partial charge in [0.2, 0.25) is 0 Å². The molecule has 1 aromatic heterocycles. The van der Waals surface area contributed by atoms with E-state index >= 15 is 0 Å². The van der Waals surface area contributed by atoms with Crippen LogP contribution in [-0.4, -0.2) is 52.3 Å². The van der Waals surface area contributed by atoms with Crippen molar-refractivity contribution in [3.05, 3.63) is 48.2 Å². The summed E-state index contributed by atoms with van der Waals surface area (Å²) < 4.78 is 5.51. The van der Waals surface area contributed by atoms with Gasteiger partial charge >= 0.3 is 5.97 Å². The number of aromatic nitrogens is 1. The van der Waals surface area contributed by atoms with Crippen molar-refractivity contribution in [2.24, 2.45) is 23.7 Å². The Balaban J connectivity index is 1.49. The molecule has 1 saturated heterocycles. The summed E-state index contributed by atoms with van der Waals surface area (Å²) in [6, 6.07) is 6.25. The average Bonchev–Trinajstić information content (AvgIpc) is 2.76. The third kappa shape index (κ3) is 4.90. The molecule has 0 spiro atoms. The summed E-state index contributed by atoms with van der Waals surface area (Å²) in [7, 11) is 0. The fraction of sp³-hybridized carbons (Fsp3) is 0.679. The molecule has 33 heavy (non-hydrogen) atoms. The van der Waals surface area contributed by atoms with Crippen molar-refractivity contribution in [3.63, 3.8) is 0 Å². The molecule has 1 aliphatic heterocycles. The van der Waals surface area contributed by atoms with Crippen molar-refractivity contribution < 1.29 is 14.6 Å². The van der Waals surface area contributed by atoms with Crippen LogP contribution in [0.25, 0.3) is 0 Å². The zero-order valence-electron chi connectivity index (χ0n) is 21.0. The predicted molar refractivity (Wildman–Crippen MR) is 130 cm³/mol. The summed E-state index contributed by atoms with van der Waals surface area (Å²) in [6.45, 7) is 13.5. The lowest BCUT2D eigenvalue weighted by Gasteiger charge is -2.53. The largest absolute Gasteiger partial charge is 0.458 e. The SMILES string of the molecule is CC(=O)O[C@@H]1[CH][C@@]2(O)[C@H](C)CC[C@@H](C(C)CN3CCCC(C)(c4ccccn4)C3)[C@H]2C=C1C. The Kier molecular flexibility index (Phi) is 7.02. The van der Waals surface area contributed by atoms with Gasteiger partial charge in [0, 0.05) is 49.7 Å². The van der Waals surface area contributed by atoms with Gasteiger partial charge in [0.25, 0.3) is 0 Å². The van der Waals surface area contributed by atoms with Gasteiger partial charge in [-0.25, -0.2) is 0 Å². The normalized spacial score (nSPS) is 38.2. The third-order valence-corrected chi connectivity index (χ3v) is 8.66. The minimum Gasteiger partial charge on any atom is -0.458 e. The fourth-order valence-corrected chi connectivity index (χ4v) is 6.73. The average molecular weight is 454 g/mol. The molecule has 2 fully saturated rings. The Morgan fingerprint density at radius 1 is 1.36 bits per heavy atom. The maximum absolute atomic E-state index is 11.8. The molecule has 0 bridgehead atoms. The van der Waals surface area contributed by atoms with Gasteiger partial charge in [-0.2, -0.15) is 0 Å². The van der Waals surface area contributed by atoms with Crippen LogP contribution in [0.2, 0.25) is 0 Å². The van der Waals surface area contributed by atoms with Crippen LogP contribution in [0.5, 0.6) is 0 Å². The smallest absolute Gasteiger partial charge is 0.303 e. The summed E-state index contributed by atoms with van der Waals surface area (Å²) in [5.41, 5.74) is 1.39. The van der Waals surface area contributed by atoms with Crippen LogP contribution >= 0.6 is 0 Å². The highest BCUT2D eigenvalue weighted by Gasteiger charge is 2.53. The number of likely N-dealkylation sites (tertiary alicyclic amines) is 1.